The van der Waals surface area contributed by atoms with E-state index < -0.39 is 0 Å². The summed E-state index contributed by atoms with van der Waals surface area (Å²) in [5.41, 5.74) is 3.19. The topological polar surface area (TPSA) is 134 Å². The van der Waals surface area contributed by atoms with E-state index in [1.165, 1.54) is 6.33 Å². The third-order valence-corrected chi connectivity index (χ3v) is 6.45. The van der Waals surface area contributed by atoms with Crippen molar-refractivity contribution in [1.29, 1.82) is 0 Å². The average Bonchev–Trinajstić information content (AvgIpc) is 3.34. The lowest BCUT2D eigenvalue weighted by molar-refractivity contribution is 0.102. The maximum absolute atomic E-state index is 13.0. The number of hydrogen-bond acceptors (Lipinski definition) is 10. The summed E-state index contributed by atoms with van der Waals surface area (Å²) in [6.07, 6.45) is 3.20. The number of rotatable bonds is 5. The first-order valence-corrected chi connectivity index (χ1v) is 12.7. The van der Waals surface area contributed by atoms with Crippen LogP contribution in [-0.4, -0.2) is 56.2 Å². The van der Waals surface area contributed by atoms with Gasteiger partial charge in [-0.2, -0.15) is 0 Å². The second-order valence-corrected chi connectivity index (χ2v) is 10.9. The lowest BCUT2D eigenvalue weighted by atomic mass is 9.93. The van der Waals surface area contributed by atoms with Gasteiger partial charge in [0.15, 0.2) is 11.6 Å². The molecule has 0 bridgehead atoms. The Hall–Kier alpha value is -4.12. The van der Waals surface area contributed by atoms with Crippen LogP contribution in [0.1, 0.15) is 56.3 Å². The van der Waals surface area contributed by atoms with Gasteiger partial charge in [0, 0.05) is 47.9 Å². The Balaban J connectivity index is 1.40. The molecule has 3 N–H and O–H groups in total. The van der Waals surface area contributed by atoms with Gasteiger partial charge in [0.05, 0.1) is 6.20 Å². The van der Waals surface area contributed by atoms with Gasteiger partial charge in [-0.3, -0.25) is 4.79 Å². The number of carbonyl (C=O) groups is 1. The highest BCUT2D eigenvalue weighted by molar-refractivity contribution is 6.04. The van der Waals surface area contributed by atoms with Gasteiger partial charge in [0.25, 0.3) is 5.91 Å². The van der Waals surface area contributed by atoms with Gasteiger partial charge in [-0.05, 0) is 38.5 Å². The van der Waals surface area contributed by atoms with E-state index in [2.05, 4.69) is 54.8 Å². The van der Waals surface area contributed by atoms with Crippen LogP contribution in [-0.2, 0) is 5.41 Å². The Morgan fingerprint density at radius 2 is 1.87 bits per heavy atom. The molecule has 11 nitrogen and oxygen atoms in total. The third kappa shape index (κ3) is 5.42. The van der Waals surface area contributed by atoms with Crippen molar-refractivity contribution in [3.05, 3.63) is 53.7 Å². The molecule has 4 heterocycles. The normalized spacial score (nSPS) is 18.0. The van der Waals surface area contributed by atoms with Crippen molar-refractivity contribution in [2.24, 2.45) is 0 Å². The predicted molar refractivity (Wildman–Crippen MR) is 147 cm³/mol. The molecular weight excluding hydrogens is 482 g/mol. The number of carbonyl (C=O) groups excluding carboxylic acids is 1. The van der Waals surface area contributed by atoms with Crippen LogP contribution in [0.5, 0.6) is 0 Å². The van der Waals surface area contributed by atoms with Crippen LogP contribution in [0.25, 0.3) is 11.0 Å². The molecule has 3 aromatic heterocycles. The number of anilines is 4. The summed E-state index contributed by atoms with van der Waals surface area (Å²) in [5, 5.41) is 13.7. The molecule has 0 radical (unpaired) electrons. The Labute approximate surface area is 221 Å². The average molecular weight is 516 g/mol. The molecule has 1 amide bonds. The molecule has 1 aliphatic rings. The fourth-order valence-corrected chi connectivity index (χ4v) is 4.48. The molecule has 11 heteroatoms. The third-order valence-electron chi connectivity index (χ3n) is 6.45. The molecule has 2 atom stereocenters. The number of nitrogens with one attached hydrogen (secondary N) is 3. The number of nitrogens with zero attached hydrogens (tertiary/aromatic N) is 6. The Morgan fingerprint density at radius 1 is 1.11 bits per heavy atom. The number of hydrogen-bond donors (Lipinski definition) is 3. The van der Waals surface area contributed by atoms with Crippen LogP contribution in [0, 0.1) is 6.92 Å². The number of amides is 1. The number of aryl methyl sites for hydroxylation is 1. The SMILES string of the molecule is Cc1ccc(C(=O)Nc2cc(C(C)(C)C)on2)cc1Nc1ncnc2cnc(N3C[C@@H](C)N[C@@H](C)C3)nc12. The van der Waals surface area contributed by atoms with Crippen LogP contribution in [0.4, 0.5) is 23.3 Å². The molecule has 38 heavy (non-hydrogen) atoms. The lowest BCUT2D eigenvalue weighted by Gasteiger charge is -2.36. The molecule has 4 aromatic rings. The number of aromatic nitrogens is 5. The van der Waals surface area contributed by atoms with Gasteiger partial charge < -0.3 is 25.4 Å². The summed E-state index contributed by atoms with van der Waals surface area (Å²) in [6.45, 7) is 13.9. The zero-order valence-corrected chi connectivity index (χ0v) is 22.5. The highest BCUT2D eigenvalue weighted by Gasteiger charge is 2.24. The molecular formula is C27H33N9O2. The summed E-state index contributed by atoms with van der Waals surface area (Å²) in [7, 11) is 0. The molecule has 1 aromatic carbocycles. The monoisotopic (exact) mass is 515 g/mol. The summed E-state index contributed by atoms with van der Waals surface area (Å²) in [6, 6.07) is 7.84. The first kappa shape index (κ1) is 25.5. The predicted octanol–water partition coefficient (Wildman–Crippen LogP) is 4.20. The van der Waals surface area contributed by atoms with Crippen LogP contribution >= 0.6 is 0 Å². The minimum Gasteiger partial charge on any atom is -0.359 e. The number of benzene rings is 1. The van der Waals surface area contributed by atoms with E-state index in [9.17, 15) is 4.79 Å². The molecule has 1 fully saturated rings. The lowest BCUT2D eigenvalue weighted by Crippen LogP contribution is -2.54. The van der Waals surface area contributed by atoms with Crippen molar-refractivity contribution >= 4 is 40.2 Å². The summed E-state index contributed by atoms with van der Waals surface area (Å²) in [5.74, 6) is 1.96. The van der Waals surface area contributed by atoms with Crippen LogP contribution in [0.15, 0.2) is 41.3 Å². The van der Waals surface area contributed by atoms with E-state index >= 15 is 0 Å². The first-order chi connectivity index (χ1) is 18.1. The maximum atomic E-state index is 13.0. The summed E-state index contributed by atoms with van der Waals surface area (Å²) < 4.78 is 5.38. The fraction of sp³-hybridized carbons (Fsp3) is 0.407. The van der Waals surface area contributed by atoms with Crippen molar-refractivity contribution in [1.82, 2.24) is 30.4 Å². The Kier molecular flexibility index (Phi) is 6.70. The second-order valence-electron chi connectivity index (χ2n) is 10.9. The molecule has 1 aliphatic heterocycles. The number of fused-ring (bicyclic) bond motifs is 1. The highest BCUT2D eigenvalue weighted by Crippen LogP contribution is 2.27. The van der Waals surface area contributed by atoms with E-state index in [1.807, 2.05) is 33.8 Å². The van der Waals surface area contributed by atoms with Gasteiger partial charge in [-0.1, -0.05) is 32.0 Å². The van der Waals surface area contributed by atoms with Gasteiger partial charge >= 0.3 is 0 Å². The zero-order valence-electron chi connectivity index (χ0n) is 22.5. The first-order valence-electron chi connectivity index (χ1n) is 12.7. The van der Waals surface area contributed by atoms with Crippen LogP contribution in [0.2, 0.25) is 0 Å². The van der Waals surface area contributed by atoms with E-state index in [1.54, 1.807) is 24.4 Å². The molecule has 0 aliphatic carbocycles. The van der Waals surface area contributed by atoms with Crippen molar-refractivity contribution < 1.29 is 9.32 Å². The highest BCUT2D eigenvalue weighted by atomic mass is 16.5. The van der Waals surface area contributed by atoms with Crippen LogP contribution < -0.4 is 20.9 Å². The molecule has 5 rings (SSSR count). The molecule has 198 valence electrons. The van der Waals surface area contributed by atoms with Crippen LogP contribution in [0.3, 0.4) is 0 Å². The van der Waals surface area contributed by atoms with Gasteiger partial charge in [0.2, 0.25) is 5.95 Å². The van der Waals surface area contributed by atoms with E-state index in [-0.39, 0.29) is 11.3 Å². The van der Waals surface area contributed by atoms with E-state index in [4.69, 9.17) is 9.51 Å². The number of piperazine rings is 1. The molecule has 0 spiro atoms. The van der Waals surface area contributed by atoms with Crippen molar-refractivity contribution in [2.45, 2.75) is 59.0 Å². The van der Waals surface area contributed by atoms with Crippen molar-refractivity contribution in [2.75, 3.05) is 28.6 Å². The molecule has 0 unspecified atom stereocenters. The minimum absolute atomic E-state index is 0.206. The summed E-state index contributed by atoms with van der Waals surface area (Å²) in [4.78, 5) is 33.4. The zero-order chi connectivity index (χ0) is 27.0. The van der Waals surface area contributed by atoms with E-state index in [0.29, 0.717) is 52.0 Å². The maximum Gasteiger partial charge on any atom is 0.256 e. The second kappa shape index (κ2) is 9.97. The van der Waals surface area contributed by atoms with Gasteiger partial charge in [-0.25, -0.2) is 19.9 Å². The summed E-state index contributed by atoms with van der Waals surface area (Å²) >= 11 is 0. The van der Waals surface area contributed by atoms with Crippen molar-refractivity contribution in [3.63, 3.8) is 0 Å². The minimum atomic E-state index is -0.291. The quantitative estimate of drug-likeness (QED) is 0.355. The smallest absolute Gasteiger partial charge is 0.256 e. The van der Waals surface area contributed by atoms with Crippen molar-refractivity contribution in [3.8, 4) is 0 Å². The Morgan fingerprint density at radius 3 is 2.58 bits per heavy atom. The fourth-order valence-electron chi connectivity index (χ4n) is 4.48. The van der Waals surface area contributed by atoms with Gasteiger partial charge in [0.1, 0.15) is 23.1 Å². The standard InChI is InChI=1S/C27H33N9O2/c1-15-7-8-18(25(37)33-22-10-21(38-35-22)27(4,5)6)9-19(15)32-24-23-20(29-14-30-24)11-28-26(34-23)36-12-16(2)31-17(3)13-36/h7-11,14,16-17,31H,12-13H2,1-6H3,(H,29,30,32)(H,33,35,37)/t16-,17+. The Bertz CT molecular complexity index is 1470. The van der Waals surface area contributed by atoms with Gasteiger partial charge in [-0.15, -0.1) is 0 Å². The molecule has 0 saturated carbocycles. The van der Waals surface area contributed by atoms with E-state index in [0.717, 1.165) is 24.3 Å². The largest absolute Gasteiger partial charge is 0.359 e. The molecule has 1 saturated heterocycles.